The SMILES string of the molecule is Cc1ccc(/C=C/C(=O)O)c2ccccc12. The van der Waals surface area contributed by atoms with Gasteiger partial charge in [0.1, 0.15) is 0 Å². The highest BCUT2D eigenvalue weighted by Gasteiger charge is 2.00. The van der Waals surface area contributed by atoms with Crippen molar-refractivity contribution in [1.29, 1.82) is 0 Å². The van der Waals surface area contributed by atoms with Gasteiger partial charge in [0.2, 0.25) is 0 Å². The Hall–Kier alpha value is -2.09. The van der Waals surface area contributed by atoms with Crippen molar-refractivity contribution in [2.75, 3.05) is 0 Å². The maximum Gasteiger partial charge on any atom is 0.328 e. The summed E-state index contributed by atoms with van der Waals surface area (Å²) < 4.78 is 0. The second-order valence-electron chi connectivity index (χ2n) is 3.69. The average molecular weight is 212 g/mol. The first-order valence-electron chi connectivity index (χ1n) is 5.08. The minimum Gasteiger partial charge on any atom is -0.478 e. The molecule has 80 valence electrons. The van der Waals surface area contributed by atoms with Crippen LogP contribution in [0.1, 0.15) is 11.1 Å². The van der Waals surface area contributed by atoms with Crippen molar-refractivity contribution in [2.24, 2.45) is 0 Å². The number of carboxylic acid groups (broad SMARTS) is 1. The van der Waals surface area contributed by atoms with Crippen molar-refractivity contribution in [3.8, 4) is 0 Å². The third-order valence-electron chi connectivity index (χ3n) is 2.58. The predicted octanol–water partition coefficient (Wildman–Crippen LogP) is 3.25. The lowest BCUT2D eigenvalue weighted by Crippen LogP contribution is -1.87. The van der Waals surface area contributed by atoms with Crippen molar-refractivity contribution in [3.63, 3.8) is 0 Å². The summed E-state index contributed by atoms with van der Waals surface area (Å²) in [6.45, 7) is 2.05. The Morgan fingerprint density at radius 2 is 1.81 bits per heavy atom. The number of fused-ring (bicyclic) bond motifs is 1. The number of aliphatic carboxylic acids is 1. The van der Waals surface area contributed by atoms with Crippen LogP contribution in [0.3, 0.4) is 0 Å². The third-order valence-corrected chi connectivity index (χ3v) is 2.58. The number of rotatable bonds is 2. The molecular weight excluding hydrogens is 200 g/mol. The lowest BCUT2D eigenvalue weighted by Gasteiger charge is -2.04. The molecule has 0 fully saturated rings. The molecule has 2 aromatic carbocycles. The van der Waals surface area contributed by atoms with E-state index < -0.39 is 5.97 Å². The lowest BCUT2D eigenvalue weighted by molar-refractivity contribution is -0.131. The largest absolute Gasteiger partial charge is 0.478 e. The molecule has 2 nitrogen and oxygen atoms in total. The zero-order valence-electron chi connectivity index (χ0n) is 8.97. The van der Waals surface area contributed by atoms with E-state index in [1.807, 2.05) is 43.3 Å². The quantitative estimate of drug-likeness (QED) is 0.776. The molecule has 0 aliphatic heterocycles. The number of carboxylic acids is 1. The standard InChI is InChI=1S/C14H12O2/c1-10-6-7-11(8-9-14(15)16)13-5-3-2-4-12(10)13/h2-9H,1H3,(H,15,16)/b9-8+. The highest BCUT2D eigenvalue weighted by Crippen LogP contribution is 2.23. The maximum atomic E-state index is 10.5. The van der Waals surface area contributed by atoms with Crippen LogP contribution in [0.2, 0.25) is 0 Å². The van der Waals surface area contributed by atoms with Crippen molar-refractivity contribution in [2.45, 2.75) is 6.92 Å². The Morgan fingerprint density at radius 1 is 1.12 bits per heavy atom. The molecule has 0 atom stereocenters. The van der Waals surface area contributed by atoms with Crippen LogP contribution < -0.4 is 0 Å². The van der Waals surface area contributed by atoms with Gasteiger partial charge >= 0.3 is 5.97 Å². The van der Waals surface area contributed by atoms with E-state index in [1.54, 1.807) is 6.08 Å². The molecule has 1 N–H and O–H groups in total. The average Bonchev–Trinajstić information content (AvgIpc) is 2.28. The van der Waals surface area contributed by atoms with E-state index in [0.29, 0.717) is 0 Å². The van der Waals surface area contributed by atoms with Crippen LogP contribution in [-0.2, 0) is 4.79 Å². The van der Waals surface area contributed by atoms with Crippen LogP contribution in [0, 0.1) is 6.92 Å². The van der Waals surface area contributed by atoms with E-state index in [1.165, 1.54) is 5.56 Å². The Balaban J connectivity index is 2.63. The Labute approximate surface area is 93.8 Å². The van der Waals surface area contributed by atoms with E-state index in [4.69, 9.17) is 5.11 Å². The summed E-state index contributed by atoms with van der Waals surface area (Å²) in [7, 11) is 0. The van der Waals surface area contributed by atoms with Gasteiger partial charge in [0.25, 0.3) is 0 Å². The first-order chi connectivity index (χ1) is 7.68. The molecule has 2 heteroatoms. The first-order valence-corrected chi connectivity index (χ1v) is 5.08. The monoisotopic (exact) mass is 212 g/mol. The van der Waals surface area contributed by atoms with Crippen molar-refractivity contribution >= 4 is 22.8 Å². The molecule has 2 rings (SSSR count). The van der Waals surface area contributed by atoms with Crippen molar-refractivity contribution < 1.29 is 9.90 Å². The zero-order valence-corrected chi connectivity index (χ0v) is 8.97. The summed E-state index contributed by atoms with van der Waals surface area (Å²) >= 11 is 0. The fraction of sp³-hybridized carbons (Fsp3) is 0.0714. The Morgan fingerprint density at radius 3 is 2.50 bits per heavy atom. The molecule has 0 aliphatic carbocycles. The smallest absolute Gasteiger partial charge is 0.328 e. The fourth-order valence-electron chi connectivity index (χ4n) is 1.78. The first kappa shape index (κ1) is 10.4. The number of benzene rings is 2. The van der Waals surface area contributed by atoms with Crippen LogP contribution in [0.25, 0.3) is 16.8 Å². The van der Waals surface area contributed by atoms with Crippen LogP contribution in [0.5, 0.6) is 0 Å². The van der Waals surface area contributed by atoms with E-state index in [9.17, 15) is 4.79 Å². The third kappa shape index (κ3) is 1.96. The molecule has 0 spiro atoms. The second kappa shape index (κ2) is 4.19. The van der Waals surface area contributed by atoms with Gasteiger partial charge in [0, 0.05) is 6.08 Å². The minimum atomic E-state index is -0.926. The summed E-state index contributed by atoms with van der Waals surface area (Å²) in [6.07, 6.45) is 2.79. The van der Waals surface area contributed by atoms with Crippen LogP contribution in [0.4, 0.5) is 0 Å². The summed E-state index contributed by atoms with van der Waals surface area (Å²) in [5.41, 5.74) is 2.13. The molecule has 0 aliphatic rings. The molecule has 0 aromatic heterocycles. The van der Waals surface area contributed by atoms with E-state index >= 15 is 0 Å². The van der Waals surface area contributed by atoms with Gasteiger partial charge in [-0.05, 0) is 34.9 Å². The summed E-state index contributed by atoms with van der Waals surface area (Å²) in [5, 5.41) is 10.9. The molecule has 16 heavy (non-hydrogen) atoms. The molecule has 0 heterocycles. The van der Waals surface area contributed by atoms with E-state index in [2.05, 4.69) is 0 Å². The van der Waals surface area contributed by atoms with Gasteiger partial charge in [-0.3, -0.25) is 0 Å². The van der Waals surface area contributed by atoms with E-state index in [-0.39, 0.29) is 0 Å². The minimum absolute atomic E-state index is 0.926. The number of carbonyl (C=O) groups is 1. The molecule has 0 saturated heterocycles. The van der Waals surface area contributed by atoms with Gasteiger partial charge in [-0.15, -0.1) is 0 Å². The fourth-order valence-corrected chi connectivity index (χ4v) is 1.78. The molecular formula is C14H12O2. The van der Waals surface area contributed by atoms with Crippen molar-refractivity contribution in [3.05, 3.63) is 53.6 Å². The van der Waals surface area contributed by atoms with E-state index in [0.717, 1.165) is 22.4 Å². The molecule has 2 aromatic rings. The number of hydrogen-bond acceptors (Lipinski definition) is 1. The highest BCUT2D eigenvalue weighted by atomic mass is 16.4. The molecule has 0 unspecified atom stereocenters. The van der Waals surface area contributed by atoms with Crippen LogP contribution in [0.15, 0.2) is 42.5 Å². The Bertz CT molecular complexity index is 568. The van der Waals surface area contributed by atoms with Gasteiger partial charge < -0.3 is 5.11 Å². The number of hydrogen-bond donors (Lipinski definition) is 1. The van der Waals surface area contributed by atoms with Gasteiger partial charge in [-0.1, -0.05) is 36.4 Å². The Kier molecular flexibility index (Phi) is 2.73. The van der Waals surface area contributed by atoms with Crippen LogP contribution >= 0.6 is 0 Å². The van der Waals surface area contributed by atoms with Gasteiger partial charge in [-0.2, -0.15) is 0 Å². The topological polar surface area (TPSA) is 37.3 Å². The molecule has 0 saturated carbocycles. The van der Waals surface area contributed by atoms with Crippen LogP contribution in [-0.4, -0.2) is 11.1 Å². The van der Waals surface area contributed by atoms with Crippen molar-refractivity contribution in [1.82, 2.24) is 0 Å². The molecule has 0 radical (unpaired) electrons. The number of aryl methyl sites for hydroxylation is 1. The second-order valence-corrected chi connectivity index (χ2v) is 3.69. The summed E-state index contributed by atoms with van der Waals surface area (Å²) in [5.74, 6) is -0.926. The summed E-state index contributed by atoms with van der Waals surface area (Å²) in [6, 6.07) is 11.9. The van der Waals surface area contributed by atoms with Gasteiger partial charge in [-0.25, -0.2) is 4.79 Å². The zero-order chi connectivity index (χ0) is 11.5. The lowest BCUT2D eigenvalue weighted by atomic mass is 10.00. The normalized spacial score (nSPS) is 11.1. The predicted molar refractivity (Wildman–Crippen MR) is 65.4 cm³/mol. The molecule has 0 bridgehead atoms. The highest BCUT2D eigenvalue weighted by molar-refractivity contribution is 5.95. The molecule has 0 amide bonds. The maximum absolute atomic E-state index is 10.5. The summed E-state index contributed by atoms with van der Waals surface area (Å²) in [4.78, 5) is 10.5. The van der Waals surface area contributed by atoms with Gasteiger partial charge in [0.05, 0.1) is 0 Å². The van der Waals surface area contributed by atoms with Gasteiger partial charge in [0.15, 0.2) is 0 Å².